The summed E-state index contributed by atoms with van der Waals surface area (Å²) in [4.78, 5) is 19.0. The quantitative estimate of drug-likeness (QED) is 0.864. The third-order valence-electron chi connectivity index (χ3n) is 4.78. The number of nitrogens with zero attached hydrogens (tertiary/aromatic N) is 3. The number of amides is 1. The number of pyridine rings is 1. The molecule has 0 radical (unpaired) electrons. The number of ether oxygens (including phenoxy) is 1. The SMILES string of the molecule is O=C(c1noc2c1CCCC2)N(C[C@@H]1CCCO1)c1ccncc1. The van der Waals surface area contributed by atoms with Gasteiger partial charge in [0.2, 0.25) is 0 Å². The van der Waals surface area contributed by atoms with E-state index >= 15 is 0 Å². The Labute approximate surface area is 140 Å². The van der Waals surface area contributed by atoms with Gasteiger partial charge in [0.15, 0.2) is 5.69 Å². The highest BCUT2D eigenvalue weighted by molar-refractivity contribution is 6.05. The van der Waals surface area contributed by atoms with E-state index in [1.165, 1.54) is 0 Å². The molecule has 1 saturated heterocycles. The number of hydrogen-bond donors (Lipinski definition) is 0. The number of hydrogen-bond acceptors (Lipinski definition) is 5. The highest BCUT2D eigenvalue weighted by atomic mass is 16.5. The first-order valence-corrected chi connectivity index (χ1v) is 8.64. The van der Waals surface area contributed by atoms with Crippen molar-refractivity contribution in [2.75, 3.05) is 18.1 Å². The average molecular weight is 327 g/mol. The molecule has 1 fully saturated rings. The van der Waals surface area contributed by atoms with Gasteiger partial charge in [-0.2, -0.15) is 0 Å². The summed E-state index contributed by atoms with van der Waals surface area (Å²) in [5, 5.41) is 4.10. The van der Waals surface area contributed by atoms with Crippen LogP contribution in [0.25, 0.3) is 0 Å². The largest absolute Gasteiger partial charge is 0.376 e. The molecule has 1 aliphatic heterocycles. The Hall–Kier alpha value is -2.21. The molecule has 1 amide bonds. The molecule has 6 heteroatoms. The first kappa shape index (κ1) is 15.3. The van der Waals surface area contributed by atoms with Crippen molar-refractivity contribution in [2.45, 2.75) is 44.6 Å². The van der Waals surface area contributed by atoms with Crippen LogP contribution in [-0.2, 0) is 17.6 Å². The minimum Gasteiger partial charge on any atom is -0.376 e. The van der Waals surface area contributed by atoms with Crippen LogP contribution in [0.5, 0.6) is 0 Å². The minimum absolute atomic E-state index is 0.0739. The predicted octanol–water partition coefficient (Wildman–Crippen LogP) is 2.77. The molecule has 2 aromatic rings. The number of carbonyl (C=O) groups is 1. The lowest BCUT2D eigenvalue weighted by molar-refractivity contribution is 0.0909. The highest BCUT2D eigenvalue weighted by Crippen LogP contribution is 2.27. The van der Waals surface area contributed by atoms with Crippen LogP contribution in [0.1, 0.15) is 47.5 Å². The number of fused-ring (bicyclic) bond motifs is 1. The van der Waals surface area contributed by atoms with Crippen molar-refractivity contribution in [2.24, 2.45) is 0 Å². The molecule has 0 N–H and O–H groups in total. The standard InChI is InChI=1S/C18H21N3O3/c22-18(17-15-5-1-2-6-16(15)24-20-17)21(12-14-4-3-11-23-14)13-7-9-19-10-8-13/h7-10,14H,1-6,11-12H2/t14-/m0/s1. The van der Waals surface area contributed by atoms with E-state index in [1.807, 2.05) is 12.1 Å². The molecule has 1 atom stereocenters. The van der Waals surface area contributed by atoms with Gasteiger partial charge in [-0.1, -0.05) is 5.16 Å². The fourth-order valence-electron chi connectivity index (χ4n) is 3.50. The maximum atomic E-state index is 13.2. The van der Waals surface area contributed by atoms with E-state index in [1.54, 1.807) is 17.3 Å². The molecular weight excluding hydrogens is 306 g/mol. The molecule has 4 rings (SSSR count). The Morgan fingerprint density at radius 2 is 2.04 bits per heavy atom. The Kier molecular flexibility index (Phi) is 4.30. The van der Waals surface area contributed by atoms with Gasteiger partial charge < -0.3 is 14.2 Å². The van der Waals surface area contributed by atoms with Crippen LogP contribution in [0.15, 0.2) is 29.0 Å². The van der Waals surface area contributed by atoms with Crippen molar-refractivity contribution in [1.29, 1.82) is 0 Å². The maximum absolute atomic E-state index is 13.2. The number of rotatable bonds is 4. The van der Waals surface area contributed by atoms with Crippen LogP contribution >= 0.6 is 0 Å². The lowest BCUT2D eigenvalue weighted by Crippen LogP contribution is -2.38. The maximum Gasteiger partial charge on any atom is 0.280 e. The van der Waals surface area contributed by atoms with Crippen LogP contribution in [0.2, 0.25) is 0 Å². The van der Waals surface area contributed by atoms with Crippen molar-refractivity contribution < 1.29 is 14.1 Å². The predicted molar refractivity (Wildman–Crippen MR) is 88.0 cm³/mol. The van der Waals surface area contributed by atoms with Gasteiger partial charge >= 0.3 is 0 Å². The lowest BCUT2D eigenvalue weighted by atomic mass is 9.96. The van der Waals surface area contributed by atoms with Crippen molar-refractivity contribution >= 4 is 11.6 Å². The van der Waals surface area contributed by atoms with Crippen LogP contribution in [0.4, 0.5) is 5.69 Å². The van der Waals surface area contributed by atoms with Crippen molar-refractivity contribution in [1.82, 2.24) is 10.1 Å². The van der Waals surface area contributed by atoms with Crippen LogP contribution < -0.4 is 4.90 Å². The zero-order valence-electron chi connectivity index (χ0n) is 13.6. The third-order valence-corrected chi connectivity index (χ3v) is 4.78. The third kappa shape index (κ3) is 2.94. The summed E-state index contributed by atoms with van der Waals surface area (Å²) in [6.45, 7) is 1.30. The molecule has 3 heterocycles. The van der Waals surface area contributed by atoms with E-state index in [4.69, 9.17) is 9.26 Å². The minimum atomic E-state index is -0.108. The Morgan fingerprint density at radius 1 is 1.21 bits per heavy atom. The van der Waals surface area contributed by atoms with Crippen LogP contribution in [0.3, 0.4) is 0 Å². The van der Waals surface area contributed by atoms with Gasteiger partial charge in [0, 0.05) is 36.7 Å². The van der Waals surface area contributed by atoms with E-state index in [2.05, 4.69) is 10.1 Å². The summed E-state index contributed by atoms with van der Waals surface area (Å²) in [6, 6.07) is 3.69. The molecular formula is C18H21N3O3. The first-order chi connectivity index (χ1) is 11.8. The second-order valence-electron chi connectivity index (χ2n) is 6.40. The molecule has 24 heavy (non-hydrogen) atoms. The van der Waals surface area contributed by atoms with Crippen LogP contribution in [0, 0.1) is 0 Å². The summed E-state index contributed by atoms with van der Waals surface area (Å²) in [5.74, 6) is 0.764. The fraction of sp³-hybridized carbons (Fsp3) is 0.500. The summed E-state index contributed by atoms with van der Waals surface area (Å²) >= 11 is 0. The Balaban J connectivity index is 1.64. The first-order valence-electron chi connectivity index (χ1n) is 8.64. The summed E-state index contributed by atoms with van der Waals surface area (Å²) in [7, 11) is 0. The number of carbonyl (C=O) groups excluding carboxylic acids is 1. The summed E-state index contributed by atoms with van der Waals surface area (Å²) in [5.41, 5.74) is 2.26. The van der Waals surface area contributed by atoms with Crippen molar-refractivity contribution in [3.8, 4) is 0 Å². The molecule has 2 aliphatic rings. The molecule has 0 spiro atoms. The van der Waals surface area contributed by atoms with Gasteiger partial charge in [0.1, 0.15) is 5.76 Å². The van der Waals surface area contributed by atoms with E-state index in [0.717, 1.165) is 62.1 Å². The normalized spacial score (nSPS) is 19.9. The second-order valence-corrected chi connectivity index (χ2v) is 6.40. The molecule has 0 aromatic carbocycles. The lowest BCUT2D eigenvalue weighted by Gasteiger charge is -2.25. The van der Waals surface area contributed by atoms with Gasteiger partial charge in [-0.25, -0.2) is 0 Å². The van der Waals surface area contributed by atoms with Crippen LogP contribution in [-0.4, -0.2) is 35.3 Å². The highest BCUT2D eigenvalue weighted by Gasteiger charge is 2.30. The molecule has 126 valence electrons. The smallest absolute Gasteiger partial charge is 0.280 e. The zero-order chi connectivity index (χ0) is 16.4. The van der Waals surface area contributed by atoms with Gasteiger partial charge in [-0.05, 0) is 44.2 Å². The van der Waals surface area contributed by atoms with Gasteiger partial charge in [0.25, 0.3) is 5.91 Å². The number of anilines is 1. The molecule has 6 nitrogen and oxygen atoms in total. The molecule has 0 bridgehead atoms. The van der Waals surface area contributed by atoms with Crippen molar-refractivity contribution in [3.05, 3.63) is 41.5 Å². The fourth-order valence-corrected chi connectivity index (χ4v) is 3.50. The Bertz CT molecular complexity index is 708. The number of aryl methyl sites for hydroxylation is 1. The Morgan fingerprint density at radius 3 is 2.83 bits per heavy atom. The van der Waals surface area contributed by atoms with E-state index in [9.17, 15) is 4.79 Å². The second kappa shape index (κ2) is 6.73. The van der Waals surface area contributed by atoms with E-state index in [0.29, 0.717) is 12.2 Å². The van der Waals surface area contributed by atoms with E-state index < -0.39 is 0 Å². The van der Waals surface area contributed by atoms with Gasteiger partial charge in [-0.3, -0.25) is 9.78 Å². The topological polar surface area (TPSA) is 68.5 Å². The molecule has 0 unspecified atom stereocenters. The zero-order valence-corrected chi connectivity index (χ0v) is 13.6. The average Bonchev–Trinajstić information content (AvgIpc) is 3.29. The molecule has 0 saturated carbocycles. The van der Waals surface area contributed by atoms with Gasteiger partial charge in [0.05, 0.1) is 12.6 Å². The van der Waals surface area contributed by atoms with Gasteiger partial charge in [-0.15, -0.1) is 0 Å². The molecule has 2 aromatic heterocycles. The van der Waals surface area contributed by atoms with Crippen molar-refractivity contribution in [3.63, 3.8) is 0 Å². The monoisotopic (exact) mass is 327 g/mol. The summed E-state index contributed by atoms with van der Waals surface area (Å²) < 4.78 is 11.2. The number of aromatic nitrogens is 2. The van der Waals surface area contributed by atoms with E-state index in [-0.39, 0.29) is 12.0 Å². The summed E-state index contributed by atoms with van der Waals surface area (Å²) in [6.07, 6.45) is 9.40. The molecule has 1 aliphatic carbocycles.